The molecule has 3 rings (SSSR count). The zero-order valence-electron chi connectivity index (χ0n) is 15.7. The topological polar surface area (TPSA) is 92.2 Å². The molecular formula is C21H27N4O2+. The van der Waals surface area contributed by atoms with E-state index < -0.39 is 0 Å². The Morgan fingerprint density at radius 3 is 2.48 bits per heavy atom. The number of quaternary nitrogens is 1. The van der Waals surface area contributed by atoms with Crippen LogP contribution in [0.3, 0.4) is 0 Å². The average Bonchev–Trinajstić information content (AvgIpc) is 2.69. The summed E-state index contributed by atoms with van der Waals surface area (Å²) < 4.78 is 0. The molecule has 0 bridgehead atoms. The number of hydrogen-bond acceptors (Lipinski definition) is 4. The van der Waals surface area contributed by atoms with Crippen molar-refractivity contribution in [2.45, 2.75) is 32.7 Å². The lowest BCUT2D eigenvalue weighted by molar-refractivity contribution is -0.918. The molecule has 0 unspecified atom stereocenters. The lowest BCUT2D eigenvalue weighted by Crippen LogP contribution is -3.11. The summed E-state index contributed by atoms with van der Waals surface area (Å²) in [7, 11) is 0. The summed E-state index contributed by atoms with van der Waals surface area (Å²) in [6, 6.07) is 12.2. The van der Waals surface area contributed by atoms with Crippen LogP contribution in [0.5, 0.6) is 5.75 Å². The van der Waals surface area contributed by atoms with Crippen molar-refractivity contribution >= 4 is 17.3 Å². The molecule has 0 spiro atoms. The van der Waals surface area contributed by atoms with Crippen LogP contribution in [-0.2, 0) is 6.54 Å². The number of phenolic OH excluding ortho intramolecular Hbond substituents is 1. The van der Waals surface area contributed by atoms with Gasteiger partial charge in [-0.25, -0.2) is 5.43 Å². The van der Waals surface area contributed by atoms with E-state index >= 15 is 0 Å². The maximum atomic E-state index is 12.2. The number of carbonyl (C=O) groups is 1. The highest BCUT2D eigenvalue weighted by atomic mass is 16.3. The van der Waals surface area contributed by atoms with E-state index in [4.69, 9.17) is 5.73 Å². The minimum absolute atomic E-state index is 0.286. The first-order valence-electron chi connectivity index (χ1n) is 9.39. The third-order valence-electron chi connectivity index (χ3n) is 5.00. The molecular weight excluding hydrogens is 340 g/mol. The molecule has 0 atom stereocenters. The predicted octanol–water partition coefficient (Wildman–Crippen LogP) is 1.70. The van der Waals surface area contributed by atoms with Crippen molar-refractivity contribution in [1.82, 2.24) is 5.43 Å². The first kappa shape index (κ1) is 18.9. The number of aromatic hydroxyl groups is 1. The molecule has 142 valence electrons. The third kappa shape index (κ3) is 5.08. The molecule has 5 N–H and O–H groups in total. The van der Waals surface area contributed by atoms with E-state index in [1.807, 2.05) is 19.1 Å². The SMILES string of the molecule is C/C(=N\NC(=O)c1ccc(N)cc1)c1ccc(O)c(C[NH+]2CCCCC2)c1. The van der Waals surface area contributed by atoms with Crippen molar-refractivity contribution in [3.05, 3.63) is 59.2 Å². The van der Waals surface area contributed by atoms with Crippen molar-refractivity contribution < 1.29 is 14.8 Å². The lowest BCUT2D eigenvalue weighted by Gasteiger charge is -2.24. The van der Waals surface area contributed by atoms with Crippen LogP contribution < -0.4 is 16.1 Å². The Labute approximate surface area is 159 Å². The van der Waals surface area contributed by atoms with Crippen LogP contribution in [0.4, 0.5) is 5.69 Å². The number of likely N-dealkylation sites (tertiary alicyclic amines) is 1. The standard InChI is InChI=1S/C21H26N4O2/c1-15(23-24-21(27)16-5-8-19(22)9-6-16)17-7-10-20(26)18(13-17)14-25-11-3-2-4-12-25/h5-10,13,26H,2-4,11-12,14,22H2,1H3,(H,24,27)/p+1/b23-15+. The molecule has 0 aromatic heterocycles. The van der Waals surface area contributed by atoms with E-state index in [1.54, 1.807) is 30.3 Å². The van der Waals surface area contributed by atoms with Gasteiger partial charge in [0.1, 0.15) is 12.3 Å². The van der Waals surface area contributed by atoms with Crippen LogP contribution in [0.15, 0.2) is 47.6 Å². The minimum Gasteiger partial charge on any atom is -0.507 e. The summed E-state index contributed by atoms with van der Waals surface area (Å²) >= 11 is 0. The number of nitrogens with two attached hydrogens (primary N) is 1. The van der Waals surface area contributed by atoms with E-state index in [-0.39, 0.29) is 5.91 Å². The Morgan fingerprint density at radius 2 is 1.78 bits per heavy atom. The fourth-order valence-electron chi connectivity index (χ4n) is 3.35. The second kappa shape index (κ2) is 8.68. The Hall–Kier alpha value is -2.86. The quantitative estimate of drug-likeness (QED) is 0.368. The van der Waals surface area contributed by atoms with Crippen LogP contribution >= 0.6 is 0 Å². The molecule has 6 nitrogen and oxygen atoms in total. The molecule has 1 amide bonds. The summed E-state index contributed by atoms with van der Waals surface area (Å²) in [5, 5.41) is 14.4. The zero-order chi connectivity index (χ0) is 19.2. The molecule has 2 aromatic rings. The van der Waals surface area contributed by atoms with Gasteiger partial charge in [-0.05, 0) is 74.2 Å². The summed E-state index contributed by atoms with van der Waals surface area (Å²) in [5.41, 5.74) is 11.8. The molecule has 1 saturated heterocycles. The Morgan fingerprint density at radius 1 is 1.11 bits per heavy atom. The minimum atomic E-state index is -0.286. The number of nitrogens with one attached hydrogen (secondary N) is 2. The number of piperidine rings is 1. The fraction of sp³-hybridized carbons (Fsp3) is 0.333. The zero-order valence-corrected chi connectivity index (χ0v) is 15.7. The fourth-order valence-corrected chi connectivity index (χ4v) is 3.35. The molecule has 1 aliphatic heterocycles. The second-order valence-corrected chi connectivity index (χ2v) is 7.09. The first-order chi connectivity index (χ1) is 13.0. The third-order valence-corrected chi connectivity index (χ3v) is 5.00. The number of phenols is 1. The van der Waals surface area contributed by atoms with Crippen LogP contribution in [-0.4, -0.2) is 29.8 Å². The van der Waals surface area contributed by atoms with Crippen molar-refractivity contribution in [1.29, 1.82) is 0 Å². The second-order valence-electron chi connectivity index (χ2n) is 7.09. The molecule has 0 aliphatic carbocycles. The van der Waals surface area contributed by atoms with E-state index in [1.165, 1.54) is 24.2 Å². The van der Waals surface area contributed by atoms with Crippen LogP contribution in [0.1, 0.15) is 47.7 Å². The monoisotopic (exact) mass is 367 g/mol. The average molecular weight is 367 g/mol. The van der Waals surface area contributed by atoms with Gasteiger partial charge in [0.15, 0.2) is 0 Å². The molecule has 6 heteroatoms. The number of benzene rings is 2. The van der Waals surface area contributed by atoms with Crippen LogP contribution in [0, 0.1) is 0 Å². The summed E-state index contributed by atoms with van der Waals surface area (Å²) in [6.07, 6.45) is 3.79. The van der Waals surface area contributed by atoms with Crippen molar-refractivity contribution in [3.63, 3.8) is 0 Å². The maximum Gasteiger partial charge on any atom is 0.271 e. The van der Waals surface area contributed by atoms with Crippen LogP contribution in [0.25, 0.3) is 0 Å². The Balaban J connectivity index is 1.68. The number of anilines is 1. The van der Waals surface area contributed by atoms with Gasteiger partial charge in [-0.15, -0.1) is 0 Å². The largest absolute Gasteiger partial charge is 0.507 e. The summed E-state index contributed by atoms with van der Waals surface area (Å²) in [6.45, 7) is 4.95. The smallest absolute Gasteiger partial charge is 0.271 e. The van der Waals surface area contributed by atoms with E-state index in [0.717, 1.165) is 30.8 Å². The Bertz CT molecular complexity index is 825. The number of amides is 1. The van der Waals surface area contributed by atoms with Crippen LogP contribution in [0.2, 0.25) is 0 Å². The number of carbonyl (C=O) groups excluding carboxylic acids is 1. The van der Waals surface area contributed by atoms with Crippen molar-refractivity contribution in [2.24, 2.45) is 5.10 Å². The predicted molar refractivity (Wildman–Crippen MR) is 107 cm³/mol. The molecule has 0 radical (unpaired) electrons. The van der Waals surface area contributed by atoms with Gasteiger partial charge in [0.25, 0.3) is 5.91 Å². The highest BCUT2D eigenvalue weighted by molar-refractivity contribution is 6.01. The Kier molecular flexibility index (Phi) is 6.08. The van der Waals surface area contributed by atoms with E-state index in [0.29, 0.717) is 22.7 Å². The van der Waals surface area contributed by atoms with Gasteiger partial charge >= 0.3 is 0 Å². The number of hydrogen-bond donors (Lipinski definition) is 4. The van der Waals surface area contributed by atoms with Crippen molar-refractivity contribution in [3.8, 4) is 5.75 Å². The highest BCUT2D eigenvalue weighted by Gasteiger charge is 2.16. The van der Waals surface area contributed by atoms with Gasteiger partial charge in [-0.2, -0.15) is 5.10 Å². The van der Waals surface area contributed by atoms with Gasteiger partial charge in [0.05, 0.1) is 18.8 Å². The highest BCUT2D eigenvalue weighted by Crippen LogP contribution is 2.18. The first-order valence-corrected chi connectivity index (χ1v) is 9.39. The molecule has 1 heterocycles. The maximum absolute atomic E-state index is 12.2. The molecule has 1 fully saturated rings. The molecule has 1 aliphatic rings. The van der Waals surface area contributed by atoms with E-state index in [9.17, 15) is 9.90 Å². The summed E-state index contributed by atoms with van der Waals surface area (Å²) in [5.74, 6) is 0.0293. The van der Waals surface area contributed by atoms with Gasteiger partial charge in [-0.3, -0.25) is 4.79 Å². The number of nitrogen functional groups attached to an aromatic ring is 1. The number of hydrazone groups is 1. The lowest BCUT2D eigenvalue weighted by atomic mass is 10.0. The number of rotatable bonds is 5. The van der Waals surface area contributed by atoms with Gasteiger partial charge in [0, 0.05) is 16.8 Å². The molecule has 0 saturated carbocycles. The molecule has 2 aromatic carbocycles. The van der Waals surface area contributed by atoms with Gasteiger partial charge < -0.3 is 15.7 Å². The van der Waals surface area contributed by atoms with Gasteiger partial charge in [-0.1, -0.05) is 0 Å². The molecule has 27 heavy (non-hydrogen) atoms. The summed E-state index contributed by atoms with van der Waals surface area (Å²) in [4.78, 5) is 13.7. The normalized spacial score (nSPS) is 15.5. The van der Waals surface area contributed by atoms with Crippen molar-refractivity contribution in [2.75, 3.05) is 18.8 Å². The van der Waals surface area contributed by atoms with Gasteiger partial charge in [0.2, 0.25) is 0 Å². The van der Waals surface area contributed by atoms with E-state index in [2.05, 4.69) is 10.5 Å². The number of nitrogens with zero attached hydrogens (tertiary/aromatic N) is 1.